The average Bonchev–Trinajstić information content (AvgIpc) is 3.66. The number of hydrogen-bond acceptors (Lipinski definition) is 11. The Morgan fingerprint density at radius 3 is 2.34 bits per heavy atom. The van der Waals surface area contributed by atoms with Crippen molar-refractivity contribution in [1.29, 1.82) is 0 Å². The van der Waals surface area contributed by atoms with E-state index in [1.807, 2.05) is 36.4 Å². The molecule has 44 heavy (non-hydrogen) atoms. The predicted molar refractivity (Wildman–Crippen MR) is 151 cm³/mol. The number of nitrogens with one attached hydrogen (secondary N) is 2. The highest BCUT2D eigenvalue weighted by atomic mass is 31.3. The van der Waals surface area contributed by atoms with E-state index in [-0.39, 0.29) is 17.0 Å². The van der Waals surface area contributed by atoms with Crippen molar-refractivity contribution < 1.29 is 51.6 Å². The molecule has 0 bridgehead atoms. The van der Waals surface area contributed by atoms with E-state index in [4.69, 9.17) is 28.5 Å². The number of nitrogens with zero attached hydrogens (tertiary/aromatic N) is 4. The molecule has 4 heterocycles. The molecule has 2 amide bonds. The van der Waals surface area contributed by atoms with E-state index in [0.717, 1.165) is 5.56 Å². The molecule has 0 radical (unpaired) electrons. The monoisotopic (exact) mass is 648 g/mol. The van der Waals surface area contributed by atoms with E-state index in [1.54, 1.807) is 24.3 Å². The minimum atomic E-state index is -5.33. The van der Waals surface area contributed by atoms with Crippen molar-refractivity contribution in [2.45, 2.75) is 37.3 Å². The van der Waals surface area contributed by atoms with Crippen molar-refractivity contribution in [1.82, 2.24) is 19.5 Å². The number of phosphoric acid groups is 2. The van der Waals surface area contributed by atoms with Crippen molar-refractivity contribution in [3.05, 3.63) is 78.9 Å². The molecule has 6 rings (SSSR count). The van der Waals surface area contributed by atoms with Gasteiger partial charge in [0.15, 0.2) is 29.5 Å². The lowest BCUT2D eigenvalue weighted by Crippen LogP contribution is -2.31. The Balaban J connectivity index is 1.24. The first-order valence-corrected chi connectivity index (χ1v) is 16.1. The Morgan fingerprint density at radius 2 is 1.61 bits per heavy atom. The first-order chi connectivity index (χ1) is 21.0. The molecule has 2 saturated heterocycles. The minimum absolute atomic E-state index is 0.123. The Hall–Kier alpha value is -3.60. The van der Waals surface area contributed by atoms with E-state index < -0.39 is 59.1 Å². The van der Waals surface area contributed by atoms with E-state index in [2.05, 4.69) is 29.9 Å². The molecular weight excluding hydrogens is 622 g/mol. The molecule has 2 aromatic heterocycles. The summed E-state index contributed by atoms with van der Waals surface area (Å²) in [5.41, 5.74) is 2.02. The molecule has 232 valence electrons. The highest BCUT2D eigenvalue weighted by Crippen LogP contribution is 2.58. The number of carbonyl (C=O) groups excluding carboxylic acids is 1. The maximum Gasteiger partial charge on any atom is 0.481 e. The molecule has 6 atom stereocenters. The van der Waals surface area contributed by atoms with Crippen LogP contribution in [0.2, 0.25) is 0 Å². The van der Waals surface area contributed by atoms with Crippen molar-refractivity contribution in [3.63, 3.8) is 0 Å². The number of hydrogen-bond donors (Lipinski definition) is 5. The summed E-state index contributed by atoms with van der Waals surface area (Å²) in [5, 5.41) is 5.35. The van der Waals surface area contributed by atoms with Crippen molar-refractivity contribution in [2.75, 3.05) is 17.2 Å². The second-order valence-electron chi connectivity index (χ2n) is 9.71. The maximum atomic E-state index is 12.6. The third-order valence-corrected chi connectivity index (χ3v) is 8.81. The van der Waals surface area contributed by atoms with E-state index in [9.17, 15) is 18.8 Å². The molecule has 0 aliphatic carbocycles. The van der Waals surface area contributed by atoms with Crippen LogP contribution in [-0.2, 0) is 38.6 Å². The summed E-state index contributed by atoms with van der Waals surface area (Å²) in [7, 11) is -10.5. The van der Waals surface area contributed by atoms with Gasteiger partial charge < -0.3 is 34.2 Å². The first kappa shape index (κ1) is 30.4. The number of anilines is 2. The molecule has 2 aliphatic rings. The Morgan fingerprint density at radius 1 is 0.909 bits per heavy atom. The van der Waals surface area contributed by atoms with Gasteiger partial charge in [-0.15, -0.1) is 0 Å². The number of para-hydroxylation sites is 1. The molecule has 17 nitrogen and oxygen atoms in total. The summed E-state index contributed by atoms with van der Waals surface area (Å²) in [6.07, 6.45) is -1.31. The van der Waals surface area contributed by atoms with Gasteiger partial charge in [-0.1, -0.05) is 48.5 Å². The first-order valence-electron chi connectivity index (χ1n) is 13.1. The van der Waals surface area contributed by atoms with E-state index in [1.165, 1.54) is 17.2 Å². The van der Waals surface area contributed by atoms with Gasteiger partial charge in [0, 0.05) is 12.1 Å². The van der Waals surface area contributed by atoms with Crippen molar-refractivity contribution >= 4 is 44.3 Å². The van der Waals surface area contributed by atoms with Gasteiger partial charge in [0.25, 0.3) is 0 Å². The molecule has 2 aromatic carbocycles. The van der Waals surface area contributed by atoms with Crippen LogP contribution in [0.5, 0.6) is 0 Å². The minimum Gasteiger partial charge on any atom is -0.347 e. The SMILES string of the molecule is O=C(Nc1ccccc1)Nc1ncnc2c1ncn2[C@@H]1O[C@H](COP(=O)(O)OP(=O)(O)O)[C@H]2O[C@@H](Cc3ccccc3)O[C@H]21. The number of imidazole rings is 1. The van der Waals surface area contributed by atoms with Gasteiger partial charge in [-0.2, -0.15) is 4.31 Å². The van der Waals surface area contributed by atoms with Crippen LogP contribution in [0.15, 0.2) is 73.3 Å². The van der Waals surface area contributed by atoms with Crippen LogP contribution in [0.25, 0.3) is 11.2 Å². The molecule has 1 unspecified atom stereocenters. The fourth-order valence-electron chi connectivity index (χ4n) is 4.91. The second-order valence-corrected chi connectivity index (χ2v) is 12.5. The summed E-state index contributed by atoms with van der Waals surface area (Å²) in [5.74, 6) is 0.123. The number of amides is 2. The highest BCUT2D eigenvalue weighted by Gasteiger charge is 2.54. The standard InChI is InChI=1S/C25H26N6O11P2/c32-25(29-16-9-5-2-6-10-16)30-22-19-23(27-13-26-22)31(14-28-19)24-21-20(40-18(41-21)11-15-7-3-1-4-8-15)17(39-24)12-38-44(36,37)42-43(33,34)35/h1-10,13-14,17-18,20-21,24H,11-12H2,(H,36,37)(H2,33,34,35)(H2,26,27,29,30,32)/t17-,18-,20-,21-,24-/m1/s1. The van der Waals surface area contributed by atoms with Gasteiger partial charge in [-0.3, -0.25) is 14.4 Å². The van der Waals surface area contributed by atoms with Gasteiger partial charge in [0.2, 0.25) is 0 Å². The fourth-order valence-corrected chi connectivity index (χ4v) is 6.51. The van der Waals surface area contributed by atoms with Crippen LogP contribution in [0.4, 0.5) is 16.3 Å². The van der Waals surface area contributed by atoms with Gasteiger partial charge in [0.1, 0.15) is 24.6 Å². The largest absolute Gasteiger partial charge is 0.481 e. The normalized spacial score (nSPS) is 24.6. The zero-order chi connectivity index (χ0) is 30.9. The predicted octanol–water partition coefficient (Wildman–Crippen LogP) is 2.95. The molecule has 0 saturated carbocycles. The number of fused-ring (bicyclic) bond motifs is 2. The molecule has 19 heteroatoms. The van der Waals surface area contributed by atoms with Gasteiger partial charge in [-0.05, 0) is 17.7 Å². The third kappa shape index (κ3) is 7.03. The lowest BCUT2D eigenvalue weighted by Gasteiger charge is -2.22. The summed E-state index contributed by atoms with van der Waals surface area (Å²) in [4.78, 5) is 53.1. The summed E-state index contributed by atoms with van der Waals surface area (Å²) in [6, 6.07) is 17.7. The Kier molecular flexibility index (Phi) is 8.59. The maximum absolute atomic E-state index is 12.6. The molecule has 2 fully saturated rings. The van der Waals surface area contributed by atoms with Gasteiger partial charge in [-0.25, -0.2) is 28.9 Å². The topological polar surface area (TPSA) is 226 Å². The summed E-state index contributed by atoms with van der Waals surface area (Å²) >= 11 is 0. The zero-order valence-electron chi connectivity index (χ0n) is 22.5. The van der Waals surface area contributed by atoms with E-state index in [0.29, 0.717) is 12.1 Å². The fraction of sp³-hybridized carbons (Fsp3) is 0.280. The zero-order valence-corrected chi connectivity index (χ0v) is 24.3. The number of urea groups is 1. The van der Waals surface area contributed by atoms with Crippen molar-refractivity contribution in [2.24, 2.45) is 0 Å². The second kappa shape index (κ2) is 12.4. The lowest BCUT2D eigenvalue weighted by molar-refractivity contribution is -0.149. The summed E-state index contributed by atoms with van der Waals surface area (Å²) < 4.78 is 51.9. The third-order valence-electron chi connectivity index (χ3n) is 6.66. The van der Waals surface area contributed by atoms with Crippen LogP contribution < -0.4 is 10.6 Å². The number of ether oxygens (including phenoxy) is 3. The molecule has 5 N–H and O–H groups in total. The molecular formula is C25H26N6O11P2. The van der Waals surface area contributed by atoms with Crippen molar-refractivity contribution in [3.8, 4) is 0 Å². The van der Waals surface area contributed by atoms with Gasteiger partial charge >= 0.3 is 21.7 Å². The van der Waals surface area contributed by atoms with Gasteiger partial charge in [0.05, 0.1) is 12.9 Å². The number of carbonyl (C=O) groups is 1. The van der Waals surface area contributed by atoms with Crippen LogP contribution in [-0.4, -0.2) is 71.4 Å². The van der Waals surface area contributed by atoms with Crippen LogP contribution in [0.1, 0.15) is 11.8 Å². The van der Waals surface area contributed by atoms with Crippen LogP contribution in [0, 0.1) is 0 Å². The number of phosphoric ester groups is 1. The average molecular weight is 648 g/mol. The molecule has 0 spiro atoms. The quantitative estimate of drug-likeness (QED) is 0.156. The molecule has 4 aromatic rings. The lowest BCUT2D eigenvalue weighted by atomic mass is 10.1. The number of benzene rings is 2. The Labute approximate surface area is 249 Å². The van der Waals surface area contributed by atoms with Crippen LogP contribution in [0.3, 0.4) is 0 Å². The Bertz CT molecular complexity index is 1720. The summed E-state index contributed by atoms with van der Waals surface area (Å²) in [6.45, 7) is -0.638. The number of rotatable bonds is 10. The van der Waals surface area contributed by atoms with E-state index >= 15 is 0 Å². The number of aromatic nitrogens is 4. The highest BCUT2D eigenvalue weighted by molar-refractivity contribution is 7.60. The smallest absolute Gasteiger partial charge is 0.347 e. The van der Waals surface area contributed by atoms with Crippen LogP contribution >= 0.6 is 15.6 Å². The molecule has 2 aliphatic heterocycles.